The summed E-state index contributed by atoms with van der Waals surface area (Å²) in [5.41, 5.74) is 4.07. The molecule has 3 N–H and O–H groups in total. The molecule has 0 saturated carbocycles. The molecule has 0 atom stereocenters. The largest absolute Gasteiger partial charge is 0.481 e. The van der Waals surface area contributed by atoms with Crippen molar-refractivity contribution in [1.82, 2.24) is 10.4 Å². The predicted octanol–water partition coefficient (Wildman–Crippen LogP) is 2.94. The summed E-state index contributed by atoms with van der Waals surface area (Å²) >= 11 is 0. The Morgan fingerprint density at radius 2 is 1.62 bits per heavy atom. The second kappa shape index (κ2) is 8.75. The zero-order valence-electron chi connectivity index (χ0n) is 15.2. The van der Waals surface area contributed by atoms with Crippen LogP contribution in [-0.4, -0.2) is 38.8 Å². The molecule has 0 unspecified atom stereocenters. The maximum atomic E-state index is 12.8. The highest BCUT2D eigenvalue weighted by molar-refractivity contribution is 6.36. The van der Waals surface area contributed by atoms with Crippen LogP contribution in [0.1, 0.15) is 23.2 Å². The lowest BCUT2D eigenvalue weighted by Gasteiger charge is -2.09. The number of aromatic nitrogens is 1. The van der Waals surface area contributed by atoms with Gasteiger partial charge in [0.25, 0.3) is 5.91 Å². The molecule has 3 rings (SSSR count). The van der Waals surface area contributed by atoms with E-state index in [2.05, 4.69) is 15.5 Å². The van der Waals surface area contributed by atoms with Crippen LogP contribution in [0.3, 0.4) is 0 Å². The van der Waals surface area contributed by atoms with Crippen molar-refractivity contribution < 1.29 is 24.6 Å². The molecule has 1 aromatic heterocycles. The Hall–Kier alpha value is -4.07. The van der Waals surface area contributed by atoms with Gasteiger partial charge in [-0.05, 0) is 12.1 Å². The molecule has 1 amide bonds. The second-order valence-corrected chi connectivity index (χ2v) is 6.14. The Bertz CT molecular complexity index is 1110. The molecule has 146 valence electrons. The fourth-order valence-corrected chi connectivity index (χ4v) is 2.73. The van der Waals surface area contributed by atoms with Gasteiger partial charge in [0.05, 0.1) is 23.2 Å². The Kier molecular flexibility index (Phi) is 5.94. The van der Waals surface area contributed by atoms with E-state index in [9.17, 15) is 14.4 Å². The van der Waals surface area contributed by atoms with Crippen molar-refractivity contribution in [3.63, 3.8) is 0 Å². The first-order valence-corrected chi connectivity index (χ1v) is 8.73. The van der Waals surface area contributed by atoms with Gasteiger partial charge in [-0.3, -0.25) is 9.59 Å². The van der Waals surface area contributed by atoms with E-state index in [-0.39, 0.29) is 12.0 Å². The lowest BCUT2D eigenvalue weighted by Crippen LogP contribution is -2.24. The number of pyridine rings is 1. The first kappa shape index (κ1) is 19.7. The zero-order chi connectivity index (χ0) is 20.8. The molecule has 29 heavy (non-hydrogen) atoms. The molecule has 0 aliphatic rings. The number of nitrogens with zero attached hydrogens (tertiary/aromatic N) is 2. The highest BCUT2D eigenvalue weighted by atomic mass is 16.4. The Morgan fingerprint density at radius 1 is 0.931 bits per heavy atom. The van der Waals surface area contributed by atoms with Gasteiger partial charge < -0.3 is 10.2 Å². The van der Waals surface area contributed by atoms with Crippen LogP contribution in [0.4, 0.5) is 0 Å². The van der Waals surface area contributed by atoms with E-state index in [0.29, 0.717) is 16.6 Å². The van der Waals surface area contributed by atoms with Gasteiger partial charge in [-0.2, -0.15) is 5.10 Å². The van der Waals surface area contributed by atoms with Gasteiger partial charge in [0, 0.05) is 17.4 Å². The van der Waals surface area contributed by atoms with Crippen LogP contribution in [0.25, 0.3) is 22.2 Å². The van der Waals surface area contributed by atoms with Crippen molar-refractivity contribution in [2.45, 2.75) is 12.8 Å². The third kappa shape index (κ3) is 4.81. The predicted molar refractivity (Wildman–Crippen MR) is 107 cm³/mol. The van der Waals surface area contributed by atoms with Gasteiger partial charge in [-0.1, -0.05) is 48.5 Å². The number of amides is 1. The highest BCUT2D eigenvalue weighted by Gasteiger charge is 2.16. The lowest BCUT2D eigenvalue weighted by atomic mass is 10.0. The summed E-state index contributed by atoms with van der Waals surface area (Å²) in [6.45, 7) is 0. The van der Waals surface area contributed by atoms with E-state index >= 15 is 0 Å². The van der Waals surface area contributed by atoms with Gasteiger partial charge in [0.1, 0.15) is 5.71 Å². The minimum absolute atomic E-state index is 0.279. The van der Waals surface area contributed by atoms with Crippen molar-refractivity contribution in [3.8, 4) is 11.3 Å². The molecule has 0 aliphatic carbocycles. The first-order valence-electron chi connectivity index (χ1n) is 8.73. The number of carbonyl (C=O) groups excluding carboxylic acids is 1. The number of hydrazone groups is 1. The number of hydrogen-bond donors (Lipinski definition) is 3. The van der Waals surface area contributed by atoms with Gasteiger partial charge in [0.2, 0.25) is 0 Å². The number of carboxylic acids is 2. The van der Waals surface area contributed by atoms with Crippen molar-refractivity contribution in [2.75, 3.05) is 0 Å². The lowest BCUT2D eigenvalue weighted by molar-refractivity contribution is -0.136. The van der Waals surface area contributed by atoms with Crippen molar-refractivity contribution in [1.29, 1.82) is 0 Å². The van der Waals surface area contributed by atoms with Crippen LogP contribution >= 0.6 is 0 Å². The molecular weight excluding hydrogens is 374 g/mol. The summed E-state index contributed by atoms with van der Waals surface area (Å²) in [7, 11) is 0. The third-order valence-electron chi connectivity index (χ3n) is 4.15. The average Bonchev–Trinajstić information content (AvgIpc) is 2.72. The standard InChI is InChI=1S/C21H17N3O5/c25-19(26)11-10-17(21(28)29)23-24-20(27)15-12-18(13-6-2-1-3-7-13)22-16-9-5-4-8-14(15)16/h1-9,12H,10-11H2,(H,24,27)(H,25,26)(H,28,29)/b23-17+. The summed E-state index contributed by atoms with van der Waals surface area (Å²) in [5.74, 6) is -3.16. The van der Waals surface area contributed by atoms with Gasteiger partial charge >= 0.3 is 11.9 Å². The molecule has 0 fully saturated rings. The van der Waals surface area contributed by atoms with Crippen LogP contribution in [0.2, 0.25) is 0 Å². The number of aliphatic carboxylic acids is 2. The quantitative estimate of drug-likeness (QED) is 0.419. The van der Waals surface area contributed by atoms with E-state index in [1.807, 2.05) is 30.3 Å². The van der Waals surface area contributed by atoms with E-state index in [0.717, 1.165) is 5.56 Å². The fourth-order valence-electron chi connectivity index (χ4n) is 2.73. The number of para-hydroxylation sites is 1. The van der Waals surface area contributed by atoms with E-state index in [1.165, 1.54) is 0 Å². The second-order valence-electron chi connectivity index (χ2n) is 6.14. The van der Waals surface area contributed by atoms with Crippen LogP contribution in [-0.2, 0) is 9.59 Å². The first-order chi connectivity index (χ1) is 14.0. The van der Waals surface area contributed by atoms with Gasteiger partial charge in [0.15, 0.2) is 0 Å². The summed E-state index contributed by atoms with van der Waals surface area (Å²) in [5, 5.41) is 22.1. The van der Waals surface area contributed by atoms with Crippen LogP contribution in [0.5, 0.6) is 0 Å². The summed E-state index contributed by atoms with van der Waals surface area (Å²) in [4.78, 5) is 39.2. The maximum Gasteiger partial charge on any atom is 0.352 e. The molecule has 0 radical (unpaired) electrons. The SMILES string of the molecule is O=C(O)CC/C(=N\NC(=O)c1cc(-c2ccccc2)nc2ccccc12)C(=O)O. The Labute approximate surface area is 165 Å². The highest BCUT2D eigenvalue weighted by Crippen LogP contribution is 2.24. The van der Waals surface area contributed by atoms with E-state index < -0.39 is 30.0 Å². The molecule has 1 heterocycles. The van der Waals surface area contributed by atoms with E-state index in [1.54, 1.807) is 30.3 Å². The monoisotopic (exact) mass is 391 g/mol. The zero-order valence-corrected chi connectivity index (χ0v) is 15.2. The summed E-state index contributed by atoms with van der Waals surface area (Å²) < 4.78 is 0. The Morgan fingerprint density at radius 3 is 2.31 bits per heavy atom. The van der Waals surface area contributed by atoms with Crippen molar-refractivity contribution >= 4 is 34.5 Å². The van der Waals surface area contributed by atoms with Gasteiger partial charge in [-0.15, -0.1) is 0 Å². The molecule has 8 nitrogen and oxygen atoms in total. The molecule has 3 aromatic rings. The molecule has 8 heteroatoms. The summed E-state index contributed by atoms with van der Waals surface area (Å²) in [6.07, 6.45) is -0.714. The van der Waals surface area contributed by atoms with Crippen molar-refractivity contribution in [3.05, 3.63) is 66.2 Å². The van der Waals surface area contributed by atoms with Crippen molar-refractivity contribution in [2.24, 2.45) is 5.10 Å². The third-order valence-corrected chi connectivity index (χ3v) is 4.15. The van der Waals surface area contributed by atoms with E-state index in [4.69, 9.17) is 10.2 Å². The molecule has 0 saturated heterocycles. The number of benzene rings is 2. The van der Waals surface area contributed by atoms with Crippen LogP contribution in [0.15, 0.2) is 65.8 Å². The van der Waals surface area contributed by atoms with Crippen LogP contribution in [0, 0.1) is 0 Å². The number of carbonyl (C=O) groups is 3. The topological polar surface area (TPSA) is 129 Å². The molecule has 2 aromatic carbocycles. The number of hydrogen-bond acceptors (Lipinski definition) is 5. The van der Waals surface area contributed by atoms with Crippen LogP contribution < -0.4 is 5.43 Å². The smallest absolute Gasteiger partial charge is 0.352 e. The number of rotatable bonds is 7. The average molecular weight is 391 g/mol. The number of nitrogens with one attached hydrogen (secondary N) is 1. The molecule has 0 aliphatic heterocycles. The fraction of sp³-hybridized carbons (Fsp3) is 0.0952. The molecule has 0 bridgehead atoms. The summed E-state index contributed by atoms with van der Waals surface area (Å²) in [6, 6.07) is 18.0. The Balaban J connectivity index is 1.97. The molecule has 0 spiro atoms. The van der Waals surface area contributed by atoms with Gasteiger partial charge in [-0.25, -0.2) is 15.2 Å². The minimum Gasteiger partial charge on any atom is -0.481 e. The minimum atomic E-state index is -1.39. The molecular formula is C21H17N3O5. The normalized spacial score (nSPS) is 11.2. The number of carboxylic acid groups (broad SMARTS) is 2. The number of fused-ring (bicyclic) bond motifs is 1. The maximum absolute atomic E-state index is 12.8.